The molecule has 2 heterocycles. The van der Waals surface area contributed by atoms with E-state index in [0.29, 0.717) is 6.04 Å². The van der Waals surface area contributed by atoms with Gasteiger partial charge in [0, 0.05) is 11.4 Å². The largest absolute Gasteiger partial charge is 0.309 e. The Morgan fingerprint density at radius 2 is 2.19 bits per heavy atom. The van der Waals surface area contributed by atoms with E-state index in [0.717, 1.165) is 23.8 Å². The zero-order valence-corrected chi connectivity index (χ0v) is 10.2. The normalized spacial score (nSPS) is 12.9. The van der Waals surface area contributed by atoms with E-state index >= 15 is 0 Å². The number of hydrogen-bond acceptors (Lipinski definition) is 5. The van der Waals surface area contributed by atoms with Crippen LogP contribution in [0.2, 0.25) is 0 Å². The molecule has 2 aromatic heterocycles. The lowest BCUT2D eigenvalue weighted by Crippen LogP contribution is -2.19. The molecule has 0 fully saturated rings. The van der Waals surface area contributed by atoms with Crippen molar-refractivity contribution in [1.82, 2.24) is 25.1 Å². The Labute approximate surface area is 98.5 Å². The third kappa shape index (κ3) is 2.45. The number of thiazole rings is 1. The van der Waals surface area contributed by atoms with Crippen LogP contribution in [0.1, 0.15) is 32.0 Å². The van der Waals surface area contributed by atoms with Crippen LogP contribution in [0, 0.1) is 0 Å². The van der Waals surface area contributed by atoms with Gasteiger partial charge < -0.3 is 5.32 Å². The van der Waals surface area contributed by atoms with Crippen LogP contribution >= 0.6 is 11.3 Å². The highest BCUT2D eigenvalue weighted by molar-refractivity contribution is 7.12. The van der Waals surface area contributed by atoms with Gasteiger partial charge in [0.25, 0.3) is 0 Å². The second-order valence-electron chi connectivity index (χ2n) is 3.60. The van der Waals surface area contributed by atoms with Crippen molar-refractivity contribution in [3.63, 3.8) is 0 Å². The fraction of sp³-hybridized carbons (Fsp3) is 0.500. The van der Waals surface area contributed by atoms with E-state index in [1.165, 1.54) is 0 Å². The van der Waals surface area contributed by atoms with Crippen LogP contribution in [0.4, 0.5) is 0 Å². The minimum absolute atomic E-state index is 0.293. The summed E-state index contributed by atoms with van der Waals surface area (Å²) in [5.74, 6) is 0. The first kappa shape index (κ1) is 11.2. The van der Waals surface area contributed by atoms with E-state index in [-0.39, 0.29) is 0 Å². The van der Waals surface area contributed by atoms with Crippen LogP contribution in [0.5, 0.6) is 0 Å². The molecule has 1 N–H and O–H groups in total. The van der Waals surface area contributed by atoms with Crippen LogP contribution in [-0.2, 0) is 0 Å². The summed E-state index contributed by atoms with van der Waals surface area (Å²) in [6, 6.07) is 0.293. The molecule has 1 unspecified atom stereocenters. The molecule has 5 nitrogen and oxygen atoms in total. The summed E-state index contributed by atoms with van der Waals surface area (Å²) >= 11 is 1.60. The van der Waals surface area contributed by atoms with E-state index in [4.69, 9.17) is 0 Å². The summed E-state index contributed by atoms with van der Waals surface area (Å²) < 4.78 is 1.82. The van der Waals surface area contributed by atoms with Gasteiger partial charge in [0.2, 0.25) is 0 Å². The van der Waals surface area contributed by atoms with E-state index in [1.54, 1.807) is 24.0 Å². The Kier molecular flexibility index (Phi) is 3.63. The van der Waals surface area contributed by atoms with Crippen molar-refractivity contribution in [1.29, 1.82) is 0 Å². The second kappa shape index (κ2) is 5.18. The van der Waals surface area contributed by atoms with Gasteiger partial charge in [0.05, 0.1) is 5.69 Å². The smallest absolute Gasteiger partial charge is 0.196 e. The maximum Gasteiger partial charge on any atom is 0.196 e. The molecule has 0 aliphatic heterocycles. The van der Waals surface area contributed by atoms with Crippen LogP contribution in [0.3, 0.4) is 0 Å². The van der Waals surface area contributed by atoms with Crippen molar-refractivity contribution in [2.24, 2.45) is 0 Å². The standard InChI is InChI=1S/C10H15N5S/c1-3-4-11-8(2)9-5-16-10(14-9)15-6-12-13-7-15/h5-8,11H,3-4H2,1-2H3. The predicted molar refractivity (Wildman–Crippen MR) is 63.7 cm³/mol. The second-order valence-corrected chi connectivity index (χ2v) is 4.44. The Bertz CT molecular complexity index is 422. The summed E-state index contributed by atoms with van der Waals surface area (Å²) in [6.07, 6.45) is 4.45. The molecule has 0 saturated carbocycles. The molecule has 0 bridgehead atoms. The minimum atomic E-state index is 0.293. The van der Waals surface area contributed by atoms with E-state index < -0.39 is 0 Å². The monoisotopic (exact) mass is 237 g/mol. The van der Waals surface area contributed by atoms with Crippen LogP contribution in [-0.4, -0.2) is 26.3 Å². The first-order chi connectivity index (χ1) is 7.81. The Morgan fingerprint density at radius 1 is 1.44 bits per heavy atom. The van der Waals surface area contributed by atoms with Crippen LogP contribution < -0.4 is 5.32 Å². The van der Waals surface area contributed by atoms with Crippen molar-refractivity contribution in [3.05, 3.63) is 23.7 Å². The Morgan fingerprint density at radius 3 is 2.88 bits per heavy atom. The summed E-state index contributed by atoms with van der Waals surface area (Å²) in [5, 5.41) is 13.9. The fourth-order valence-electron chi connectivity index (χ4n) is 1.36. The summed E-state index contributed by atoms with van der Waals surface area (Å²) in [6.45, 7) is 5.30. The maximum atomic E-state index is 4.54. The highest BCUT2D eigenvalue weighted by Gasteiger charge is 2.09. The lowest BCUT2D eigenvalue weighted by atomic mass is 10.2. The van der Waals surface area contributed by atoms with Gasteiger partial charge >= 0.3 is 0 Å². The molecule has 0 aliphatic rings. The number of aromatic nitrogens is 4. The molecule has 2 rings (SSSR count). The molecular formula is C10H15N5S. The zero-order chi connectivity index (χ0) is 11.4. The van der Waals surface area contributed by atoms with Crippen molar-refractivity contribution < 1.29 is 0 Å². The maximum absolute atomic E-state index is 4.54. The molecule has 2 aromatic rings. The highest BCUT2D eigenvalue weighted by Crippen LogP contribution is 2.19. The SMILES string of the molecule is CCCNC(C)c1csc(-n2cnnc2)n1. The van der Waals surface area contributed by atoms with Gasteiger partial charge in [-0.1, -0.05) is 6.92 Å². The summed E-state index contributed by atoms with van der Waals surface area (Å²) in [4.78, 5) is 4.54. The number of nitrogens with one attached hydrogen (secondary N) is 1. The lowest BCUT2D eigenvalue weighted by Gasteiger charge is -2.09. The molecule has 0 spiro atoms. The molecule has 86 valence electrons. The molecule has 16 heavy (non-hydrogen) atoms. The highest BCUT2D eigenvalue weighted by atomic mass is 32.1. The van der Waals surface area contributed by atoms with E-state index in [9.17, 15) is 0 Å². The summed E-state index contributed by atoms with van der Waals surface area (Å²) in [7, 11) is 0. The Balaban J connectivity index is 2.07. The van der Waals surface area contributed by atoms with Gasteiger partial charge in [-0.15, -0.1) is 21.5 Å². The third-order valence-electron chi connectivity index (χ3n) is 2.29. The molecule has 6 heteroatoms. The van der Waals surface area contributed by atoms with Gasteiger partial charge in [-0.25, -0.2) is 4.98 Å². The topological polar surface area (TPSA) is 55.6 Å². The first-order valence-electron chi connectivity index (χ1n) is 5.35. The van der Waals surface area contributed by atoms with Crippen molar-refractivity contribution in [2.75, 3.05) is 6.54 Å². The van der Waals surface area contributed by atoms with Gasteiger partial charge in [-0.2, -0.15) is 0 Å². The molecule has 0 aromatic carbocycles. The minimum Gasteiger partial charge on any atom is -0.309 e. The van der Waals surface area contributed by atoms with Gasteiger partial charge in [-0.3, -0.25) is 4.57 Å². The summed E-state index contributed by atoms with van der Waals surface area (Å²) in [5.41, 5.74) is 1.07. The van der Waals surface area contributed by atoms with Gasteiger partial charge in [-0.05, 0) is 19.9 Å². The van der Waals surface area contributed by atoms with Crippen LogP contribution in [0.25, 0.3) is 5.13 Å². The fourth-order valence-corrected chi connectivity index (χ4v) is 2.22. The average Bonchev–Trinajstić information content (AvgIpc) is 2.94. The number of nitrogens with zero attached hydrogens (tertiary/aromatic N) is 4. The molecule has 0 amide bonds. The third-order valence-corrected chi connectivity index (χ3v) is 3.17. The van der Waals surface area contributed by atoms with Gasteiger partial charge in [0.1, 0.15) is 12.7 Å². The molecule has 1 atom stereocenters. The van der Waals surface area contributed by atoms with Crippen LogP contribution in [0.15, 0.2) is 18.0 Å². The number of rotatable bonds is 5. The van der Waals surface area contributed by atoms with Crippen molar-refractivity contribution >= 4 is 11.3 Å². The molecular weight excluding hydrogens is 222 g/mol. The molecule has 0 aliphatic carbocycles. The first-order valence-corrected chi connectivity index (χ1v) is 6.23. The quantitative estimate of drug-likeness (QED) is 0.861. The number of hydrogen-bond donors (Lipinski definition) is 1. The van der Waals surface area contributed by atoms with E-state index in [2.05, 4.69) is 39.7 Å². The van der Waals surface area contributed by atoms with Gasteiger partial charge in [0.15, 0.2) is 5.13 Å². The van der Waals surface area contributed by atoms with Crippen molar-refractivity contribution in [3.8, 4) is 5.13 Å². The zero-order valence-electron chi connectivity index (χ0n) is 9.42. The Hall–Kier alpha value is -1.27. The lowest BCUT2D eigenvalue weighted by molar-refractivity contribution is 0.560. The average molecular weight is 237 g/mol. The molecule has 0 saturated heterocycles. The predicted octanol–water partition coefficient (Wildman–Crippen LogP) is 1.78. The van der Waals surface area contributed by atoms with E-state index in [1.807, 2.05) is 4.57 Å². The molecule has 0 radical (unpaired) electrons. The van der Waals surface area contributed by atoms with Crippen molar-refractivity contribution in [2.45, 2.75) is 26.3 Å².